The molecule has 0 saturated heterocycles. The summed E-state index contributed by atoms with van der Waals surface area (Å²) in [4.78, 5) is 25.7. The van der Waals surface area contributed by atoms with Gasteiger partial charge in [-0.1, -0.05) is 50.2 Å². The zero-order chi connectivity index (χ0) is 21.1. The van der Waals surface area contributed by atoms with E-state index in [1.807, 2.05) is 54.6 Å². The van der Waals surface area contributed by atoms with Gasteiger partial charge in [0.1, 0.15) is 11.4 Å². The number of ether oxygens (including phenoxy) is 1. The molecule has 1 amide bonds. The summed E-state index contributed by atoms with van der Waals surface area (Å²) in [6, 6.07) is 17.0. The summed E-state index contributed by atoms with van der Waals surface area (Å²) in [6.45, 7) is 7.63. The molecular weight excluding hydrogens is 366 g/mol. The highest BCUT2D eigenvalue weighted by Gasteiger charge is 2.22. The fourth-order valence-corrected chi connectivity index (χ4v) is 3.25. The van der Waals surface area contributed by atoms with Crippen molar-refractivity contribution in [2.75, 3.05) is 5.32 Å². The third-order valence-corrected chi connectivity index (χ3v) is 5.02. The van der Waals surface area contributed by atoms with Crippen LogP contribution in [0.5, 0.6) is 5.75 Å². The molecule has 0 aliphatic heterocycles. The van der Waals surface area contributed by atoms with Crippen LogP contribution < -0.4 is 15.6 Å². The molecule has 2 aromatic carbocycles. The Bertz CT molecular complexity index is 1060. The van der Waals surface area contributed by atoms with Gasteiger partial charge in [-0.2, -0.15) is 0 Å². The minimum absolute atomic E-state index is 0.258. The predicted molar refractivity (Wildman–Crippen MR) is 115 cm³/mol. The van der Waals surface area contributed by atoms with Gasteiger partial charge in [-0.05, 0) is 43.5 Å². The molecule has 0 saturated carbocycles. The summed E-state index contributed by atoms with van der Waals surface area (Å²) < 4.78 is 9.18. The van der Waals surface area contributed by atoms with Crippen molar-refractivity contribution in [3.05, 3.63) is 76.2 Å². The van der Waals surface area contributed by atoms with Crippen LogP contribution in [-0.4, -0.2) is 21.4 Å². The van der Waals surface area contributed by atoms with E-state index >= 15 is 0 Å². The van der Waals surface area contributed by atoms with E-state index in [-0.39, 0.29) is 23.1 Å². The van der Waals surface area contributed by atoms with Gasteiger partial charge in [0, 0.05) is 7.05 Å². The second-order valence-electron chi connectivity index (χ2n) is 7.38. The molecule has 0 bridgehead atoms. The zero-order valence-electron chi connectivity index (χ0n) is 17.5. The number of carbonyl (C=O) groups excluding carboxylic acids is 1. The van der Waals surface area contributed by atoms with Crippen molar-refractivity contribution in [3.8, 4) is 11.4 Å². The Hall–Kier alpha value is -3.28. The molecular formula is C23H27N3O3. The van der Waals surface area contributed by atoms with Gasteiger partial charge >= 0.3 is 0 Å². The number of hydrogen-bond acceptors (Lipinski definition) is 3. The molecule has 1 heterocycles. The molecule has 1 N–H and O–H groups in total. The molecule has 0 aliphatic rings. The van der Waals surface area contributed by atoms with Gasteiger partial charge in [-0.25, -0.2) is 4.68 Å². The third-order valence-electron chi connectivity index (χ3n) is 5.02. The lowest BCUT2D eigenvalue weighted by Crippen LogP contribution is -2.32. The highest BCUT2D eigenvalue weighted by Crippen LogP contribution is 2.27. The van der Waals surface area contributed by atoms with Gasteiger partial charge in [-0.3, -0.25) is 14.3 Å². The first-order chi connectivity index (χ1) is 13.8. The summed E-state index contributed by atoms with van der Waals surface area (Å²) in [5.74, 6) is 0.585. The maximum absolute atomic E-state index is 13.0. The van der Waals surface area contributed by atoms with Crippen LogP contribution in [0, 0.1) is 6.92 Å². The fourth-order valence-electron chi connectivity index (χ4n) is 3.25. The van der Waals surface area contributed by atoms with E-state index in [0.29, 0.717) is 11.4 Å². The first-order valence-corrected chi connectivity index (χ1v) is 9.71. The molecule has 1 aromatic heterocycles. The van der Waals surface area contributed by atoms with Gasteiger partial charge < -0.3 is 10.1 Å². The molecule has 1 atom stereocenters. The summed E-state index contributed by atoms with van der Waals surface area (Å²) in [7, 11) is 1.79. The average Bonchev–Trinajstić information content (AvgIpc) is 2.92. The lowest BCUT2D eigenvalue weighted by Gasteiger charge is -2.18. The smallest absolute Gasteiger partial charge is 0.295 e. The van der Waals surface area contributed by atoms with Crippen molar-refractivity contribution in [3.63, 3.8) is 0 Å². The summed E-state index contributed by atoms with van der Waals surface area (Å²) in [5, 5.41) is 2.76. The number of rotatable bonds is 6. The maximum Gasteiger partial charge on any atom is 0.295 e. The molecule has 0 fully saturated rings. The minimum atomic E-state index is -0.751. The second-order valence-corrected chi connectivity index (χ2v) is 7.38. The van der Waals surface area contributed by atoms with Crippen molar-refractivity contribution in [2.24, 2.45) is 7.05 Å². The lowest BCUT2D eigenvalue weighted by molar-refractivity contribution is -0.122. The maximum atomic E-state index is 13.0. The molecule has 6 nitrogen and oxygen atoms in total. The van der Waals surface area contributed by atoms with Gasteiger partial charge in [0.05, 0.1) is 11.4 Å². The van der Waals surface area contributed by atoms with E-state index in [9.17, 15) is 9.59 Å². The molecule has 3 rings (SSSR count). The Balaban J connectivity index is 1.84. The molecule has 3 aromatic rings. The Morgan fingerprint density at radius 3 is 2.28 bits per heavy atom. The number of anilines is 1. The van der Waals surface area contributed by atoms with Crippen LogP contribution in [0.25, 0.3) is 5.69 Å². The Morgan fingerprint density at radius 1 is 1.00 bits per heavy atom. The summed E-state index contributed by atoms with van der Waals surface area (Å²) >= 11 is 0. The number of hydrogen-bond donors (Lipinski definition) is 1. The predicted octanol–water partition coefficient (Wildman–Crippen LogP) is 4.01. The van der Waals surface area contributed by atoms with Gasteiger partial charge in [-0.15, -0.1) is 0 Å². The van der Waals surface area contributed by atoms with E-state index < -0.39 is 6.10 Å². The quantitative estimate of drug-likeness (QED) is 0.688. The number of amides is 1. The van der Waals surface area contributed by atoms with Crippen LogP contribution in [0.3, 0.4) is 0 Å². The van der Waals surface area contributed by atoms with E-state index in [2.05, 4.69) is 19.2 Å². The van der Waals surface area contributed by atoms with Crippen molar-refractivity contribution in [2.45, 2.75) is 39.7 Å². The third kappa shape index (κ3) is 4.11. The van der Waals surface area contributed by atoms with Crippen LogP contribution in [0.4, 0.5) is 5.69 Å². The summed E-state index contributed by atoms with van der Waals surface area (Å²) in [5.41, 5.74) is 2.42. The standard InChI is InChI=1S/C23H27N3O3/c1-15(2)19-13-9-10-14-20(19)29-17(4)22(27)24-21-16(3)25(5)26(23(21)28)18-11-7-6-8-12-18/h6-15,17H,1-5H3,(H,24,27). The molecule has 0 radical (unpaired) electrons. The van der Waals surface area contributed by atoms with E-state index in [1.54, 1.807) is 25.6 Å². The second kappa shape index (κ2) is 8.39. The lowest BCUT2D eigenvalue weighted by atomic mass is 10.0. The minimum Gasteiger partial charge on any atom is -0.481 e. The van der Waals surface area contributed by atoms with Gasteiger partial charge in [0.2, 0.25) is 0 Å². The van der Waals surface area contributed by atoms with Crippen LogP contribution >= 0.6 is 0 Å². The van der Waals surface area contributed by atoms with Crippen LogP contribution in [0.1, 0.15) is 37.9 Å². The first-order valence-electron chi connectivity index (χ1n) is 9.71. The number of para-hydroxylation sites is 2. The van der Waals surface area contributed by atoms with Crippen LogP contribution in [0.15, 0.2) is 59.4 Å². The molecule has 6 heteroatoms. The Kier molecular flexibility index (Phi) is 5.92. The normalized spacial score (nSPS) is 12.1. The van der Waals surface area contributed by atoms with Gasteiger partial charge in [0.15, 0.2) is 6.10 Å². The van der Waals surface area contributed by atoms with Crippen LogP contribution in [-0.2, 0) is 11.8 Å². The van der Waals surface area contributed by atoms with Crippen molar-refractivity contribution >= 4 is 11.6 Å². The monoisotopic (exact) mass is 393 g/mol. The van der Waals surface area contributed by atoms with E-state index in [0.717, 1.165) is 11.3 Å². The van der Waals surface area contributed by atoms with Crippen molar-refractivity contribution in [1.82, 2.24) is 9.36 Å². The molecule has 29 heavy (non-hydrogen) atoms. The van der Waals surface area contributed by atoms with E-state index in [4.69, 9.17) is 4.74 Å². The fraction of sp³-hybridized carbons (Fsp3) is 0.304. The molecule has 1 unspecified atom stereocenters. The average molecular weight is 393 g/mol. The van der Waals surface area contributed by atoms with Crippen molar-refractivity contribution in [1.29, 1.82) is 0 Å². The Labute approximate surface area is 170 Å². The zero-order valence-corrected chi connectivity index (χ0v) is 17.5. The first kappa shape index (κ1) is 20.5. The van der Waals surface area contributed by atoms with Crippen LogP contribution in [0.2, 0.25) is 0 Å². The highest BCUT2D eigenvalue weighted by atomic mass is 16.5. The number of aromatic nitrogens is 2. The molecule has 0 spiro atoms. The van der Waals surface area contributed by atoms with Crippen molar-refractivity contribution < 1.29 is 9.53 Å². The number of nitrogens with one attached hydrogen (secondary N) is 1. The van der Waals surface area contributed by atoms with E-state index in [1.165, 1.54) is 4.68 Å². The number of nitrogens with zero attached hydrogens (tertiary/aromatic N) is 2. The molecule has 0 aliphatic carbocycles. The Morgan fingerprint density at radius 2 is 1.62 bits per heavy atom. The largest absolute Gasteiger partial charge is 0.481 e. The van der Waals surface area contributed by atoms with Gasteiger partial charge in [0.25, 0.3) is 11.5 Å². The highest BCUT2D eigenvalue weighted by molar-refractivity contribution is 5.94. The number of carbonyl (C=O) groups is 1. The topological polar surface area (TPSA) is 65.3 Å². The SMILES string of the molecule is Cc1c(NC(=O)C(C)Oc2ccccc2C(C)C)c(=O)n(-c2ccccc2)n1C. The number of benzene rings is 2. The molecule has 152 valence electrons. The summed E-state index contributed by atoms with van der Waals surface area (Å²) in [6.07, 6.45) is -0.751.